The molecule has 13 rings (SSSR count). The lowest BCUT2D eigenvalue weighted by Crippen LogP contribution is -2.18. The third-order valence-corrected chi connectivity index (χ3v) is 20.0. The van der Waals surface area contributed by atoms with Gasteiger partial charge >= 0.3 is 0 Å². The lowest BCUT2D eigenvalue weighted by atomic mass is 9.78. The highest BCUT2D eigenvalue weighted by molar-refractivity contribution is 5.70. The van der Waals surface area contributed by atoms with Gasteiger partial charge in [0.25, 0.3) is 0 Å². The molecule has 0 N–H and O–H groups in total. The van der Waals surface area contributed by atoms with Crippen LogP contribution in [-0.4, -0.2) is 0 Å². The van der Waals surface area contributed by atoms with E-state index in [2.05, 4.69) is 446 Å². The average molecular weight is 1370 g/mol. The molecule has 0 amide bonds. The highest BCUT2D eigenvalue weighted by atomic mass is 14.3. The molecule has 0 fully saturated rings. The van der Waals surface area contributed by atoms with E-state index in [-0.39, 0.29) is 5.41 Å². The zero-order valence-electron chi connectivity index (χ0n) is 68.0. The third-order valence-electron chi connectivity index (χ3n) is 20.0. The van der Waals surface area contributed by atoms with Gasteiger partial charge in [0.15, 0.2) is 0 Å². The SMILES string of the molecule is Cc1cc(-c2cc(C)c(C)c(C)c2)cc(C)c1C.Cc1ccc(-c2ccc(C)c(C)c2)cc1C.Cc1ccc(-c2ccc(C)cc2)cc1.Cc1ccc(-c2ccc(C)cc2)cc1.Cc1ccc(C(C)(C)c2ccc(C)cc2)cc1.Cc1ccc(C)c(C)c1.Cc1ccc(C)cc1.Cc1cccc(C)c1. The zero-order valence-corrected chi connectivity index (χ0v) is 68.0. The molecule has 0 radical (unpaired) electrons. The number of aryl methyl sites for hydroxylation is 21. The summed E-state index contributed by atoms with van der Waals surface area (Å²) in [6, 6.07) is 98.1. The van der Waals surface area contributed by atoms with Crippen molar-refractivity contribution in [3.63, 3.8) is 0 Å². The van der Waals surface area contributed by atoms with Crippen molar-refractivity contribution in [2.45, 2.75) is 179 Å². The van der Waals surface area contributed by atoms with Crippen molar-refractivity contribution in [2.75, 3.05) is 0 Å². The maximum atomic E-state index is 2.30. The molecule has 13 aromatic carbocycles. The molecular weight excluding hydrogens is 1250 g/mol. The van der Waals surface area contributed by atoms with E-state index in [0.717, 1.165) is 0 Å². The van der Waals surface area contributed by atoms with Gasteiger partial charge in [-0.15, -0.1) is 0 Å². The summed E-state index contributed by atoms with van der Waals surface area (Å²) in [5.74, 6) is 0. The van der Waals surface area contributed by atoms with Crippen molar-refractivity contribution in [3.05, 3.63) is 412 Å². The van der Waals surface area contributed by atoms with Crippen LogP contribution in [0.3, 0.4) is 0 Å². The molecule has 13 aromatic rings. The van der Waals surface area contributed by atoms with E-state index in [1.807, 2.05) is 0 Å². The van der Waals surface area contributed by atoms with Gasteiger partial charge in [0, 0.05) is 5.41 Å². The minimum Gasteiger partial charge on any atom is -0.0617 e. The summed E-state index contributed by atoms with van der Waals surface area (Å²) in [5, 5.41) is 0. The van der Waals surface area contributed by atoms with Gasteiger partial charge in [-0.05, 0) is 282 Å². The molecule has 0 heteroatoms. The molecule has 0 aliphatic heterocycles. The van der Waals surface area contributed by atoms with E-state index in [0.29, 0.717) is 0 Å². The van der Waals surface area contributed by atoms with Crippen LogP contribution in [0.5, 0.6) is 0 Å². The Morgan fingerprint density at radius 3 is 0.558 bits per heavy atom. The van der Waals surface area contributed by atoms with Gasteiger partial charge in [-0.2, -0.15) is 0 Å². The van der Waals surface area contributed by atoms with E-state index in [1.54, 1.807) is 0 Å². The van der Waals surface area contributed by atoms with E-state index in [9.17, 15) is 0 Å². The quantitative estimate of drug-likeness (QED) is 0.156. The molecule has 0 nitrogen and oxygen atoms in total. The fourth-order valence-corrected chi connectivity index (χ4v) is 11.7. The van der Waals surface area contributed by atoms with Gasteiger partial charge in [0.05, 0.1) is 0 Å². The Morgan fingerprint density at radius 1 is 0.144 bits per heavy atom. The molecule has 0 heterocycles. The van der Waals surface area contributed by atoms with E-state index in [4.69, 9.17) is 0 Å². The maximum absolute atomic E-state index is 2.30. The molecule has 0 spiro atoms. The van der Waals surface area contributed by atoms with Gasteiger partial charge in [-0.25, -0.2) is 0 Å². The van der Waals surface area contributed by atoms with Crippen LogP contribution in [0.4, 0.5) is 0 Å². The van der Waals surface area contributed by atoms with Crippen molar-refractivity contribution in [3.8, 4) is 44.5 Å². The van der Waals surface area contributed by atoms with Crippen LogP contribution in [0.25, 0.3) is 44.5 Å². The summed E-state index contributed by atoms with van der Waals surface area (Å²) in [5.41, 5.74) is 44.3. The number of hydrogen-bond acceptors (Lipinski definition) is 0. The highest BCUT2D eigenvalue weighted by Gasteiger charge is 2.22. The Bertz CT molecular complexity index is 4370. The van der Waals surface area contributed by atoms with E-state index >= 15 is 0 Å². The second kappa shape index (κ2) is 40.1. The Morgan fingerprint density at radius 2 is 0.337 bits per heavy atom. The molecule has 0 unspecified atom stereocenters. The van der Waals surface area contributed by atoms with Gasteiger partial charge in [0.1, 0.15) is 0 Å². The summed E-state index contributed by atoms with van der Waals surface area (Å²) >= 11 is 0. The highest BCUT2D eigenvalue weighted by Crippen LogP contribution is 2.33. The number of rotatable bonds is 6. The fourth-order valence-electron chi connectivity index (χ4n) is 11.7. The molecule has 0 bridgehead atoms. The molecule has 0 aliphatic rings. The second-order valence-corrected chi connectivity index (χ2v) is 29.8. The minimum absolute atomic E-state index is 0.0708. The first kappa shape index (κ1) is 82.8. The molecule has 0 saturated carbocycles. The van der Waals surface area contributed by atoms with Crippen LogP contribution in [0, 0.1) is 159 Å². The molecule has 104 heavy (non-hydrogen) atoms. The summed E-state index contributed by atoms with van der Waals surface area (Å²) in [6.07, 6.45) is 0. The Kier molecular flexibility index (Phi) is 31.9. The van der Waals surface area contributed by atoms with E-state index < -0.39 is 0 Å². The fraction of sp³-hybridized carbons (Fsp3) is 0.250. The normalized spacial score (nSPS) is 10.4. The lowest BCUT2D eigenvalue weighted by Gasteiger charge is -2.26. The van der Waals surface area contributed by atoms with Gasteiger partial charge in [-0.3, -0.25) is 0 Å². The smallest absolute Gasteiger partial charge is 0.0146 e. The van der Waals surface area contributed by atoms with Crippen LogP contribution >= 0.6 is 0 Å². The molecule has 0 saturated heterocycles. The average Bonchev–Trinajstić information content (AvgIpc) is 0.811. The zero-order chi connectivity index (χ0) is 76.4. The van der Waals surface area contributed by atoms with Crippen molar-refractivity contribution >= 4 is 0 Å². The maximum Gasteiger partial charge on any atom is 0.0146 e. The van der Waals surface area contributed by atoms with Crippen molar-refractivity contribution < 1.29 is 0 Å². The summed E-state index contributed by atoms with van der Waals surface area (Å²) in [7, 11) is 0. The van der Waals surface area contributed by atoms with E-state index in [1.165, 1.54) is 184 Å². The van der Waals surface area contributed by atoms with Crippen LogP contribution in [0.2, 0.25) is 0 Å². The standard InChI is InChI=1S/C18H22.C17H20.C16H18.2C14H14.C9H12.2C8H10/c1-11-7-17(8-12(2)15(11)5)18-9-13(3)16(6)14(4)10-18;1-13-5-9-15(10-6-13)17(3,4)16-11-7-14(2)8-12-16;1-11-5-7-15(9-13(11)3)16-8-6-12(2)14(4)10-16;2*1-11-3-7-13(8-4-11)14-9-5-12(2)6-10-14;1-7-4-5-8(2)9(3)6-7;1-7-3-5-8(2)6-4-7;1-7-4-3-5-8(2)6-7/h7-10H,1-6H3;5-12H,1-4H3;5-10H,1-4H3;2*3-10H,1-2H3;4-6H,1-3H3;2*3-6H,1-2H3. The summed E-state index contributed by atoms with van der Waals surface area (Å²) in [6.45, 7) is 53.9. The first-order chi connectivity index (χ1) is 49.3. The van der Waals surface area contributed by atoms with Gasteiger partial charge in [0.2, 0.25) is 0 Å². The second-order valence-electron chi connectivity index (χ2n) is 29.8. The van der Waals surface area contributed by atoms with Crippen LogP contribution < -0.4 is 0 Å². The Balaban J connectivity index is 0.000000189. The van der Waals surface area contributed by atoms with Crippen molar-refractivity contribution in [2.24, 2.45) is 0 Å². The van der Waals surface area contributed by atoms with Crippen molar-refractivity contribution in [1.29, 1.82) is 0 Å². The largest absolute Gasteiger partial charge is 0.0617 e. The van der Waals surface area contributed by atoms with Gasteiger partial charge < -0.3 is 0 Å². The monoisotopic (exact) mass is 1370 g/mol. The van der Waals surface area contributed by atoms with Crippen molar-refractivity contribution in [1.82, 2.24) is 0 Å². The Labute approximate surface area is 631 Å². The topological polar surface area (TPSA) is 0 Å². The van der Waals surface area contributed by atoms with Crippen LogP contribution in [0.1, 0.15) is 153 Å². The molecule has 536 valence electrons. The molecular formula is C104H120. The number of benzene rings is 13. The van der Waals surface area contributed by atoms with Crippen LogP contribution in [-0.2, 0) is 5.41 Å². The minimum atomic E-state index is 0.0708. The first-order valence-corrected chi connectivity index (χ1v) is 37.1. The summed E-state index contributed by atoms with van der Waals surface area (Å²) < 4.78 is 0. The predicted octanol–water partition coefficient (Wildman–Crippen LogP) is 29.6. The molecule has 0 aromatic heterocycles. The molecule has 0 aliphatic carbocycles. The third kappa shape index (κ3) is 26.6. The van der Waals surface area contributed by atoms with Crippen LogP contribution in [0.15, 0.2) is 273 Å². The summed E-state index contributed by atoms with van der Waals surface area (Å²) in [4.78, 5) is 0. The predicted molar refractivity (Wildman–Crippen MR) is 461 cm³/mol. The molecule has 0 atom stereocenters. The number of hydrogen-bond donors (Lipinski definition) is 0. The Hall–Kier alpha value is -10.1. The lowest BCUT2D eigenvalue weighted by molar-refractivity contribution is 0.640. The van der Waals surface area contributed by atoms with Gasteiger partial charge in [-0.1, -0.05) is 348 Å². The first-order valence-electron chi connectivity index (χ1n) is 37.1.